The zero-order valence-corrected chi connectivity index (χ0v) is 22.2. The summed E-state index contributed by atoms with van der Waals surface area (Å²) in [6, 6.07) is 9.77. The summed E-state index contributed by atoms with van der Waals surface area (Å²) >= 11 is 0. The lowest BCUT2D eigenvalue weighted by Crippen LogP contribution is -2.36. The maximum Gasteiger partial charge on any atom is 0.325 e. The molecule has 2 N–H and O–H groups in total. The molecule has 1 fully saturated rings. The van der Waals surface area contributed by atoms with Crippen molar-refractivity contribution in [3.63, 3.8) is 0 Å². The normalized spacial score (nSPS) is 22.4. The van der Waals surface area contributed by atoms with Crippen molar-refractivity contribution in [2.75, 3.05) is 31.6 Å². The standard InChI is InChI=1S/C30H41N3O4/c1-20(2)27-17-26-22(19-37-27)7-5-10-25(26)28(30(34)35)33-15-13-24(18-33)36-16-4-3-9-23-12-11-21-8-6-14-31-29(21)32-23/h5,7,10-12,20,24,27-28H,3-4,6,8-9,13-19H2,1-2H3,(H,31,32)(H,34,35)/t24-,27-,28+/m1/s1. The molecule has 0 radical (unpaired) electrons. The van der Waals surface area contributed by atoms with Crippen LogP contribution < -0.4 is 5.32 Å². The topological polar surface area (TPSA) is 83.9 Å². The maximum absolute atomic E-state index is 12.5. The molecule has 3 atom stereocenters. The molecule has 2 aromatic rings. The molecule has 1 aromatic carbocycles. The van der Waals surface area contributed by atoms with Gasteiger partial charge in [0.15, 0.2) is 0 Å². The second kappa shape index (κ2) is 11.9. The van der Waals surface area contributed by atoms with Crippen LogP contribution in [-0.4, -0.2) is 59.4 Å². The van der Waals surface area contributed by atoms with Gasteiger partial charge in [-0.05, 0) is 79.2 Å². The number of carbonyl (C=O) groups is 1. The van der Waals surface area contributed by atoms with E-state index in [-0.39, 0.29) is 12.2 Å². The third-order valence-electron chi connectivity index (χ3n) is 8.11. The Morgan fingerprint density at radius 3 is 2.97 bits per heavy atom. The highest BCUT2D eigenvalue weighted by Gasteiger charge is 2.36. The van der Waals surface area contributed by atoms with Crippen LogP contribution in [0, 0.1) is 5.92 Å². The first-order chi connectivity index (χ1) is 18.0. The SMILES string of the molecule is CC(C)[C@H]1Cc2c(cccc2[C@@H](C(=O)O)N2CC[C@@H](OCCCCc3ccc4c(n3)NCCC4)C2)CO1. The fourth-order valence-electron chi connectivity index (χ4n) is 5.96. The molecule has 3 aliphatic rings. The van der Waals surface area contributed by atoms with Gasteiger partial charge in [0.05, 0.1) is 18.8 Å². The van der Waals surface area contributed by atoms with Crippen LogP contribution in [0.3, 0.4) is 0 Å². The molecule has 1 saturated heterocycles. The lowest BCUT2D eigenvalue weighted by atomic mass is 9.87. The summed E-state index contributed by atoms with van der Waals surface area (Å²) in [6.07, 6.45) is 7.12. The fraction of sp³-hybridized carbons (Fsp3) is 0.600. The van der Waals surface area contributed by atoms with E-state index in [1.807, 2.05) is 12.1 Å². The van der Waals surface area contributed by atoms with E-state index in [0.29, 0.717) is 25.7 Å². The number of benzene rings is 1. The van der Waals surface area contributed by atoms with Gasteiger partial charge in [0.25, 0.3) is 0 Å². The number of aryl methyl sites for hydroxylation is 2. The van der Waals surface area contributed by atoms with Gasteiger partial charge in [-0.3, -0.25) is 9.69 Å². The van der Waals surface area contributed by atoms with Crippen LogP contribution in [-0.2, 0) is 40.1 Å². The molecule has 0 aliphatic carbocycles. The van der Waals surface area contributed by atoms with Crippen LogP contribution in [0.4, 0.5) is 5.82 Å². The number of aromatic nitrogens is 1. The molecule has 0 bridgehead atoms. The van der Waals surface area contributed by atoms with Crippen molar-refractivity contribution in [3.8, 4) is 0 Å². The number of anilines is 1. The van der Waals surface area contributed by atoms with Crippen molar-refractivity contribution >= 4 is 11.8 Å². The molecule has 7 nitrogen and oxygen atoms in total. The van der Waals surface area contributed by atoms with Crippen molar-refractivity contribution in [1.82, 2.24) is 9.88 Å². The molecule has 4 heterocycles. The van der Waals surface area contributed by atoms with Gasteiger partial charge in [-0.2, -0.15) is 0 Å². The number of fused-ring (bicyclic) bond motifs is 2. The third-order valence-corrected chi connectivity index (χ3v) is 8.11. The summed E-state index contributed by atoms with van der Waals surface area (Å²) in [7, 11) is 0. The van der Waals surface area contributed by atoms with E-state index in [0.717, 1.165) is 79.8 Å². The summed E-state index contributed by atoms with van der Waals surface area (Å²) in [6.45, 7) is 7.99. The second-order valence-corrected chi connectivity index (χ2v) is 11.1. The molecule has 3 aliphatic heterocycles. The Balaban J connectivity index is 1.13. The number of likely N-dealkylation sites (tertiary alicyclic amines) is 1. The Kier molecular flexibility index (Phi) is 8.43. The lowest BCUT2D eigenvalue weighted by molar-refractivity contribution is -0.143. The second-order valence-electron chi connectivity index (χ2n) is 11.1. The van der Waals surface area contributed by atoms with E-state index >= 15 is 0 Å². The van der Waals surface area contributed by atoms with Gasteiger partial charge in [-0.15, -0.1) is 0 Å². The van der Waals surface area contributed by atoms with E-state index < -0.39 is 12.0 Å². The zero-order chi connectivity index (χ0) is 25.8. The summed E-state index contributed by atoms with van der Waals surface area (Å²) in [5.41, 5.74) is 5.67. The number of ether oxygens (including phenoxy) is 2. The number of pyridine rings is 1. The Morgan fingerprint density at radius 2 is 2.14 bits per heavy atom. The van der Waals surface area contributed by atoms with E-state index in [4.69, 9.17) is 14.5 Å². The Hall–Kier alpha value is -2.48. The summed E-state index contributed by atoms with van der Waals surface area (Å²) < 4.78 is 12.2. The van der Waals surface area contributed by atoms with Crippen molar-refractivity contribution in [2.45, 2.75) is 83.6 Å². The summed E-state index contributed by atoms with van der Waals surface area (Å²) in [5, 5.41) is 13.7. The maximum atomic E-state index is 12.5. The van der Waals surface area contributed by atoms with Crippen LogP contribution in [0.5, 0.6) is 0 Å². The number of unbranched alkanes of at least 4 members (excludes halogenated alkanes) is 1. The monoisotopic (exact) mass is 507 g/mol. The first-order valence-electron chi connectivity index (χ1n) is 14.0. The minimum absolute atomic E-state index is 0.0826. The molecule has 0 unspecified atom stereocenters. The molecular weight excluding hydrogens is 466 g/mol. The van der Waals surface area contributed by atoms with Gasteiger partial charge in [0.2, 0.25) is 0 Å². The molecule has 37 heavy (non-hydrogen) atoms. The van der Waals surface area contributed by atoms with Gasteiger partial charge in [0.1, 0.15) is 11.9 Å². The van der Waals surface area contributed by atoms with E-state index in [9.17, 15) is 9.90 Å². The minimum atomic E-state index is -0.784. The van der Waals surface area contributed by atoms with Crippen molar-refractivity contribution in [2.24, 2.45) is 5.92 Å². The van der Waals surface area contributed by atoms with Crippen LogP contribution in [0.1, 0.15) is 73.5 Å². The number of carboxylic acid groups (broad SMARTS) is 1. The molecule has 1 aromatic heterocycles. The Bertz CT molecular complexity index is 1090. The number of rotatable bonds is 10. The predicted molar refractivity (Wildman–Crippen MR) is 144 cm³/mol. The minimum Gasteiger partial charge on any atom is -0.480 e. The molecule has 5 rings (SSSR count). The number of nitrogens with zero attached hydrogens (tertiary/aromatic N) is 2. The molecule has 200 valence electrons. The highest BCUT2D eigenvalue weighted by atomic mass is 16.5. The molecule has 0 spiro atoms. The highest BCUT2D eigenvalue weighted by Crippen LogP contribution is 2.34. The third kappa shape index (κ3) is 6.16. The van der Waals surface area contributed by atoms with E-state index in [1.165, 1.54) is 12.0 Å². The average Bonchev–Trinajstić information content (AvgIpc) is 3.36. The Labute approximate surface area is 220 Å². The van der Waals surface area contributed by atoms with Crippen LogP contribution in [0.2, 0.25) is 0 Å². The molecule has 0 amide bonds. The van der Waals surface area contributed by atoms with Gasteiger partial charge >= 0.3 is 5.97 Å². The van der Waals surface area contributed by atoms with Crippen molar-refractivity contribution in [1.29, 1.82) is 0 Å². The van der Waals surface area contributed by atoms with Crippen molar-refractivity contribution in [3.05, 3.63) is 58.3 Å². The number of hydrogen-bond donors (Lipinski definition) is 2. The van der Waals surface area contributed by atoms with Crippen LogP contribution >= 0.6 is 0 Å². The number of aliphatic carboxylic acids is 1. The zero-order valence-electron chi connectivity index (χ0n) is 22.2. The molecule has 0 saturated carbocycles. The highest BCUT2D eigenvalue weighted by molar-refractivity contribution is 5.76. The fourth-order valence-corrected chi connectivity index (χ4v) is 5.96. The smallest absolute Gasteiger partial charge is 0.325 e. The largest absolute Gasteiger partial charge is 0.480 e. The van der Waals surface area contributed by atoms with Crippen LogP contribution in [0.25, 0.3) is 0 Å². The van der Waals surface area contributed by atoms with Gasteiger partial charge in [-0.1, -0.05) is 38.1 Å². The van der Waals surface area contributed by atoms with Crippen molar-refractivity contribution < 1.29 is 19.4 Å². The molecular formula is C30H41N3O4. The van der Waals surface area contributed by atoms with Crippen LogP contribution in [0.15, 0.2) is 30.3 Å². The van der Waals surface area contributed by atoms with Gasteiger partial charge in [0, 0.05) is 31.9 Å². The Morgan fingerprint density at radius 1 is 1.24 bits per heavy atom. The summed E-state index contributed by atoms with van der Waals surface area (Å²) in [5.74, 6) is 0.674. The number of hydrogen-bond acceptors (Lipinski definition) is 6. The quantitative estimate of drug-likeness (QED) is 0.448. The number of carboxylic acids is 1. The predicted octanol–water partition coefficient (Wildman–Crippen LogP) is 4.78. The first-order valence-corrected chi connectivity index (χ1v) is 14.0. The van der Waals surface area contributed by atoms with Gasteiger partial charge < -0.3 is 19.9 Å². The van der Waals surface area contributed by atoms with Gasteiger partial charge in [-0.25, -0.2) is 4.98 Å². The number of nitrogens with one attached hydrogen (secondary N) is 1. The molecule has 7 heteroatoms. The van der Waals surface area contributed by atoms with E-state index in [2.05, 4.69) is 42.3 Å². The summed E-state index contributed by atoms with van der Waals surface area (Å²) in [4.78, 5) is 19.4. The average molecular weight is 508 g/mol. The van der Waals surface area contributed by atoms with E-state index in [1.54, 1.807) is 0 Å². The lowest BCUT2D eigenvalue weighted by Gasteiger charge is -2.33. The first kappa shape index (κ1) is 26.1.